The molecule has 0 aromatic rings. The predicted molar refractivity (Wildman–Crippen MR) is 78.0 cm³/mol. The predicted octanol–water partition coefficient (Wildman–Crippen LogP) is 0.858. The zero-order valence-corrected chi connectivity index (χ0v) is 12.8. The first-order valence-electron chi connectivity index (χ1n) is 7.91. The Balaban J connectivity index is 2.03. The molecule has 0 radical (unpaired) electrons. The van der Waals surface area contributed by atoms with Crippen LogP contribution in [0.15, 0.2) is 0 Å². The van der Waals surface area contributed by atoms with E-state index in [1.54, 1.807) is 0 Å². The van der Waals surface area contributed by atoms with E-state index in [2.05, 4.69) is 12.2 Å². The van der Waals surface area contributed by atoms with E-state index in [0.29, 0.717) is 19.7 Å². The number of carbonyl (C=O) groups is 2. The molecule has 2 saturated heterocycles. The number of ether oxygens (including phenoxy) is 1. The number of hydrogen-bond donors (Lipinski definition) is 2. The number of morpholine rings is 1. The zero-order chi connectivity index (χ0) is 15.3. The van der Waals surface area contributed by atoms with Crippen molar-refractivity contribution in [1.29, 1.82) is 0 Å². The van der Waals surface area contributed by atoms with Gasteiger partial charge in [-0.15, -0.1) is 0 Å². The van der Waals surface area contributed by atoms with E-state index in [4.69, 9.17) is 9.84 Å². The molecule has 2 unspecified atom stereocenters. The van der Waals surface area contributed by atoms with Gasteiger partial charge in [-0.1, -0.05) is 13.3 Å². The first-order chi connectivity index (χ1) is 10.1. The molecule has 0 aromatic heterocycles. The summed E-state index contributed by atoms with van der Waals surface area (Å²) in [5.41, 5.74) is -0.307. The van der Waals surface area contributed by atoms with Crippen LogP contribution in [0, 0.1) is 5.41 Å². The third-order valence-corrected chi connectivity index (χ3v) is 4.48. The molecule has 2 fully saturated rings. The lowest BCUT2D eigenvalue weighted by Crippen LogP contribution is -2.56. The van der Waals surface area contributed by atoms with Gasteiger partial charge in [-0.05, 0) is 25.8 Å². The van der Waals surface area contributed by atoms with Gasteiger partial charge in [-0.2, -0.15) is 0 Å². The van der Waals surface area contributed by atoms with E-state index in [0.717, 1.165) is 38.8 Å². The number of piperidine rings is 1. The van der Waals surface area contributed by atoms with Gasteiger partial charge in [0.1, 0.15) is 0 Å². The highest BCUT2D eigenvalue weighted by molar-refractivity contribution is 5.83. The molecule has 6 heteroatoms. The van der Waals surface area contributed by atoms with Crippen LogP contribution in [-0.2, 0) is 14.3 Å². The largest absolute Gasteiger partial charge is 0.481 e. The monoisotopic (exact) mass is 298 g/mol. The summed E-state index contributed by atoms with van der Waals surface area (Å²) < 4.78 is 5.46. The lowest BCUT2D eigenvalue weighted by atomic mass is 9.75. The Bertz CT molecular complexity index is 374. The molecule has 0 bridgehead atoms. The molecular formula is C15H26N2O4. The lowest BCUT2D eigenvalue weighted by molar-refractivity contribution is -0.155. The number of carboxylic acids is 1. The minimum absolute atomic E-state index is 0.0389. The molecule has 2 rings (SSSR count). The number of rotatable bonds is 5. The van der Waals surface area contributed by atoms with Crippen molar-refractivity contribution in [2.45, 2.75) is 45.1 Å². The van der Waals surface area contributed by atoms with Crippen LogP contribution in [0.1, 0.15) is 39.0 Å². The average molecular weight is 298 g/mol. The van der Waals surface area contributed by atoms with Crippen LogP contribution in [0.25, 0.3) is 0 Å². The maximum absolute atomic E-state index is 13.0. The second-order valence-corrected chi connectivity index (χ2v) is 6.15. The molecule has 120 valence electrons. The number of aliphatic carboxylic acids is 1. The molecule has 2 atom stereocenters. The smallest absolute Gasteiger partial charge is 0.306 e. The van der Waals surface area contributed by atoms with Gasteiger partial charge in [0.05, 0.1) is 24.5 Å². The summed E-state index contributed by atoms with van der Waals surface area (Å²) in [6.45, 7) is 5.22. The van der Waals surface area contributed by atoms with Crippen LogP contribution in [0.3, 0.4) is 0 Å². The summed E-state index contributed by atoms with van der Waals surface area (Å²) in [5.74, 6) is -0.702. The van der Waals surface area contributed by atoms with Crippen molar-refractivity contribution >= 4 is 11.9 Å². The molecule has 0 aromatic carbocycles. The Morgan fingerprint density at radius 1 is 1.48 bits per heavy atom. The van der Waals surface area contributed by atoms with Gasteiger partial charge in [-0.3, -0.25) is 9.59 Å². The van der Waals surface area contributed by atoms with E-state index < -0.39 is 5.97 Å². The molecule has 1 amide bonds. The highest BCUT2D eigenvalue weighted by atomic mass is 16.5. The Kier molecular flexibility index (Phi) is 5.58. The van der Waals surface area contributed by atoms with Gasteiger partial charge in [0.2, 0.25) is 5.91 Å². The molecular weight excluding hydrogens is 272 g/mol. The Morgan fingerprint density at radius 3 is 2.90 bits per heavy atom. The molecule has 21 heavy (non-hydrogen) atoms. The molecule has 2 N–H and O–H groups in total. The van der Waals surface area contributed by atoms with Gasteiger partial charge in [-0.25, -0.2) is 0 Å². The number of carbonyl (C=O) groups excluding carboxylic acids is 1. The molecule has 2 aliphatic heterocycles. The quantitative estimate of drug-likeness (QED) is 0.787. The molecule has 6 nitrogen and oxygen atoms in total. The summed E-state index contributed by atoms with van der Waals surface area (Å²) in [7, 11) is 0. The summed E-state index contributed by atoms with van der Waals surface area (Å²) in [6, 6.07) is 0. The van der Waals surface area contributed by atoms with Crippen LogP contribution in [-0.4, -0.2) is 60.8 Å². The van der Waals surface area contributed by atoms with Crippen molar-refractivity contribution in [3.8, 4) is 0 Å². The van der Waals surface area contributed by atoms with Crippen LogP contribution in [0.4, 0.5) is 0 Å². The summed E-state index contributed by atoms with van der Waals surface area (Å²) in [5, 5.41) is 12.2. The topological polar surface area (TPSA) is 78.9 Å². The number of amides is 1. The van der Waals surface area contributed by atoms with E-state index >= 15 is 0 Å². The van der Waals surface area contributed by atoms with Gasteiger partial charge < -0.3 is 20.1 Å². The minimum atomic E-state index is -0.878. The highest BCUT2D eigenvalue weighted by Crippen LogP contribution is 2.34. The highest BCUT2D eigenvalue weighted by Gasteiger charge is 2.42. The molecule has 0 aliphatic carbocycles. The maximum atomic E-state index is 13.0. The fourth-order valence-corrected chi connectivity index (χ4v) is 3.51. The Hall–Kier alpha value is -1.14. The average Bonchev–Trinajstić information content (AvgIpc) is 2.47. The van der Waals surface area contributed by atoms with Gasteiger partial charge in [0.15, 0.2) is 0 Å². The minimum Gasteiger partial charge on any atom is -0.481 e. The number of nitrogens with zero attached hydrogens (tertiary/aromatic N) is 1. The molecule has 0 spiro atoms. The van der Waals surface area contributed by atoms with Crippen molar-refractivity contribution in [3.05, 3.63) is 0 Å². The van der Waals surface area contributed by atoms with E-state index in [-0.39, 0.29) is 23.8 Å². The first kappa shape index (κ1) is 16.2. The third-order valence-electron chi connectivity index (χ3n) is 4.48. The molecule has 2 aliphatic rings. The second-order valence-electron chi connectivity index (χ2n) is 6.15. The second kappa shape index (κ2) is 7.22. The normalized spacial score (nSPS) is 30.1. The molecule has 0 saturated carbocycles. The molecule has 2 heterocycles. The first-order valence-corrected chi connectivity index (χ1v) is 7.91. The summed E-state index contributed by atoms with van der Waals surface area (Å²) in [4.78, 5) is 25.6. The number of nitrogens with one attached hydrogen (secondary N) is 1. The Morgan fingerprint density at radius 2 is 2.29 bits per heavy atom. The van der Waals surface area contributed by atoms with Crippen molar-refractivity contribution in [2.24, 2.45) is 5.41 Å². The van der Waals surface area contributed by atoms with Crippen LogP contribution < -0.4 is 5.32 Å². The lowest BCUT2D eigenvalue weighted by Gasteiger charge is -2.42. The van der Waals surface area contributed by atoms with Crippen molar-refractivity contribution in [3.63, 3.8) is 0 Å². The van der Waals surface area contributed by atoms with Crippen LogP contribution in [0.5, 0.6) is 0 Å². The van der Waals surface area contributed by atoms with Gasteiger partial charge in [0.25, 0.3) is 0 Å². The van der Waals surface area contributed by atoms with Gasteiger partial charge >= 0.3 is 5.97 Å². The zero-order valence-electron chi connectivity index (χ0n) is 12.8. The fourth-order valence-electron chi connectivity index (χ4n) is 3.51. The van der Waals surface area contributed by atoms with Crippen molar-refractivity contribution < 1.29 is 19.4 Å². The van der Waals surface area contributed by atoms with E-state index in [1.807, 2.05) is 4.90 Å². The van der Waals surface area contributed by atoms with E-state index in [9.17, 15) is 9.59 Å². The standard InChI is InChI=1S/C15H26N2O4/c1-2-4-15(5-3-6-16-11-15)14(20)17-7-8-21-12(10-17)9-13(18)19/h12,16H,2-11H2,1H3,(H,18,19). The maximum Gasteiger partial charge on any atom is 0.306 e. The fraction of sp³-hybridized carbons (Fsp3) is 0.867. The Labute approximate surface area is 125 Å². The number of hydrogen-bond acceptors (Lipinski definition) is 4. The van der Waals surface area contributed by atoms with Crippen molar-refractivity contribution in [2.75, 3.05) is 32.8 Å². The van der Waals surface area contributed by atoms with Gasteiger partial charge in [0, 0.05) is 19.6 Å². The van der Waals surface area contributed by atoms with Crippen molar-refractivity contribution in [1.82, 2.24) is 10.2 Å². The summed E-state index contributed by atoms with van der Waals surface area (Å²) >= 11 is 0. The summed E-state index contributed by atoms with van der Waals surface area (Å²) in [6.07, 6.45) is 3.40. The SMILES string of the molecule is CCCC1(C(=O)N2CCOC(CC(=O)O)C2)CCCNC1. The van der Waals surface area contributed by atoms with Crippen LogP contribution >= 0.6 is 0 Å². The van der Waals surface area contributed by atoms with Crippen LogP contribution in [0.2, 0.25) is 0 Å². The third kappa shape index (κ3) is 3.95. The van der Waals surface area contributed by atoms with E-state index in [1.165, 1.54) is 0 Å². The number of carboxylic acid groups (broad SMARTS) is 1.